The van der Waals surface area contributed by atoms with E-state index in [2.05, 4.69) is 29.3 Å². The number of benzene rings is 2. The van der Waals surface area contributed by atoms with E-state index in [0.717, 1.165) is 25.1 Å². The fourth-order valence-corrected chi connectivity index (χ4v) is 3.17. The average Bonchev–Trinajstić information content (AvgIpc) is 2.57. The van der Waals surface area contributed by atoms with Crippen molar-refractivity contribution in [2.45, 2.75) is 25.6 Å². The molecule has 0 bridgehead atoms. The Kier molecular flexibility index (Phi) is 4.81. The number of carbonyl (C=O) groups is 1. The van der Waals surface area contributed by atoms with Crippen LogP contribution in [-0.4, -0.2) is 23.9 Å². The van der Waals surface area contributed by atoms with Crippen molar-refractivity contribution in [3.8, 4) is 0 Å². The number of amides is 1. The standard InChI is InChI=1S/C19H19F3N2O/c1-13-17-5-3-2-4-14(17)10-11-24(13)12-18(25)23-16-8-6-15(7-9-16)19(20,21)22/h2-9,13H,10-12H2,1H3,(H,23,25). The van der Waals surface area contributed by atoms with Gasteiger partial charge in [0, 0.05) is 18.3 Å². The zero-order valence-electron chi connectivity index (χ0n) is 13.8. The first-order chi connectivity index (χ1) is 11.8. The minimum absolute atomic E-state index is 0.128. The average molecular weight is 348 g/mol. The number of alkyl halides is 3. The van der Waals surface area contributed by atoms with Gasteiger partial charge in [0.15, 0.2) is 0 Å². The van der Waals surface area contributed by atoms with Gasteiger partial charge in [-0.2, -0.15) is 13.2 Å². The van der Waals surface area contributed by atoms with Gasteiger partial charge < -0.3 is 5.32 Å². The molecule has 0 saturated carbocycles. The third-order valence-corrected chi connectivity index (χ3v) is 4.56. The first kappa shape index (κ1) is 17.5. The van der Waals surface area contributed by atoms with Gasteiger partial charge in [0.25, 0.3) is 0 Å². The molecule has 3 nitrogen and oxygen atoms in total. The predicted octanol–water partition coefficient (Wildman–Crippen LogP) is 4.26. The second-order valence-corrected chi connectivity index (χ2v) is 6.22. The van der Waals surface area contributed by atoms with Crippen molar-refractivity contribution in [2.24, 2.45) is 0 Å². The highest BCUT2D eigenvalue weighted by Gasteiger charge is 2.30. The molecule has 2 aromatic carbocycles. The number of halogens is 3. The van der Waals surface area contributed by atoms with Gasteiger partial charge in [0.2, 0.25) is 5.91 Å². The lowest BCUT2D eigenvalue weighted by atomic mass is 9.94. The number of anilines is 1. The molecule has 1 atom stereocenters. The molecule has 6 heteroatoms. The summed E-state index contributed by atoms with van der Waals surface area (Å²) in [6, 6.07) is 12.8. The molecule has 25 heavy (non-hydrogen) atoms. The van der Waals surface area contributed by atoms with E-state index in [1.807, 2.05) is 12.1 Å². The zero-order valence-corrected chi connectivity index (χ0v) is 13.8. The normalized spacial score (nSPS) is 17.8. The summed E-state index contributed by atoms with van der Waals surface area (Å²) in [4.78, 5) is 14.3. The van der Waals surface area contributed by atoms with Crippen LogP contribution in [0.3, 0.4) is 0 Å². The van der Waals surface area contributed by atoms with Gasteiger partial charge in [-0.3, -0.25) is 9.69 Å². The van der Waals surface area contributed by atoms with Gasteiger partial charge >= 0.3 is 6.18 Å². The number of hydrogen-bond donors (Lipinski definition) is 1. The van der Waals surface area contributed by atoms with Crippen molar-refractivity contribution in [2.75, 3.05) is 18.4 Å². The Balaban J connectivity index is 1.62. The Labute approximate surface area is 144 Å². The highest BCUT2D eigenvalue weighted by atomic mass is 19.4. The lowest BCUT2D eigenvalue weighted by Gasteiger charge is -2.34. The number of nitrogens with one attached hydrogen (secondary N) is 1. The molecule has 132 valence electrons. The smallest absolute Gasteiger partial charge is 0.325 e. The molecule has 1 aliphatic heterocycles. The van der Waals surface area contributed by atoms with E-state index in [4.69, 9.17) is 0 Å². The van der Waals surface area contributed by atoms with Crippen LogP contribution in [0, 0.1) is 0 Å². The van der Waals surface area contributed by atoms with Gasteiger partial charge in [0.1, 0.15) is 0 Å². The van der Waals surface area contributed by atoms with E-state index < -0.39 is 11.7 Å². The van der Waals surface area contributed by atoms with Crippen molar-refractivity contribution in [3.63, 3.8) is 0 Å². The maximum atomic E-state index is 12.6. The fourth-order valence-electron chi connectivity index (χ4n) is 3.17. The molecule has 1 N–H and O–H groups in total. The van der Waals surface area contributed by atoms with Crippen LogP contribution in [0.4, 0.5) is 18.9 Å². The topological polar surface area (TPSA) is 32.3 Å². The largest absolute Gasteiger partial charge is 0.416 e. The van der Waals surface area contributed by atoms with E-state index in [9.17, 15) is 18.0 Å². The summed E-state index contributed by atoms with van der Waals surface area (Å²) >= 11 is 0. The first-order valence-corrected chi connectivity index (χ1v) is 8.13. The van der Waals surface area contributed by atoms with Crippen LogP contribution in [0.5, 0.6) is 0 Å². The molecule has 1 heterocycles. The number of carbonyl (C=O) groups excluding carboxylic acids is 1. The van der Waals surface area contributed by atoms with Crippen LogP contribution in [0.2, 0.25) is 0 Å². The fraction of sp³-hybridized carbons (Fsp3) is 0.316. The highest BCUT2D eigenvalue weighted by molar-refractivity contribution is 5.92. The summed E-state index contributed by atoms with van der Waals surface area (Å²) in [5, 5.41) is 2.66. The van der Waals surface area contributed by atoms with E-state index in [-0.39, 0.29) is 18.5 Å². The van der Waals surface area contributed by atoms with Crippen LogP contribution in [0.1, 0.15) is 29.7 Å². The van der Waals surface area contributed by atoms with Gasteiger partial charge in [-0.1, -0.05) is 24.3 Å². The van der Waals surface area contributed by atoms with Gasteiger partial charge in [-0.15, -0.1) is 0 Å². The van der Waals surface area contributed by atoms with E-state index in [0.29, 0.717) is 5.69 Å². The van der Waals surface area contributed by atoms with E-state index in [1.54, 1.807) is 0 Å². The Morgan fingerprint density at radius 3 is 2.52 bits per heavy atom. The number of nitrogens with zero attached hydrogens (tertiary/aromatic N) is 1. The highest BCUT2D eigenvalue weighted by Crippen LogP contribution is 2.30. The van der Waals surface area contributed by atoms with Crippen LogP contribution in [-0.2, 0) is 17.4 Å². The van der Waals surface area contributed by atoms with E-state index in [1.165, 1.54) is 23.3 Å². The van der Waals surface area contributed by atoms with Crippen molar-refractivity contribution in [1.82, 2.24) is 4.90 Å². The Bertz CT molecular complexity index is 756. The van der Waals surface area contributed by atoms with E-state index >= 15 is 0 Å². The molecular weight excluding hydrogens is 329 g/mol. The van der Waals surface area contributed by atoms with Crippen LogP contribution < -0.4 is 5.32 Å². The van der Waals surface area contributed by atoms with Crippen molar-refractivity contribution >= 4 is 11.6 Å². The predicted molar refractivity (Wildman–Crippen MR) is 90.2 cm³/mol. The Hall–Kier alpha value is -2.34. The number of hydrogen-bond acceptors (Lipinski definition) is 2. The van der Waals surface area contributed by atoms with Gasteiger partial charge in [-0.05, 0) is 48.7 Å². The molecule has 3 rings (SSSR count). The summed E-state index contributed by atoms with van der Waals surface area (Å²) in [5.74, 6) is -0.231. The summed E-state index contributed by atoms with van der Waals surface area (Å²) in [6.45, 7) is 3.04. The molecule has 0 saturated heterocycles. The second-order valence-electron chi connectivity index (χ2n) is 6.22. The summed E-state index contributed by atoms with van der Waals surface area (Å²) in [6.07, 6.45) is -3.49. The van der Waals surface area contributed by atoms with Gasteiger partial charge in [-0.25, -0.2) is 0 Å². The number of rotatable bonds is 3. The number of fused-ring (bicyclic) bond motifs is 1. The molecule has 0 fully saturated rings. The summed E-state index contributed by atoms with van der Waals surface area (Å²) < 4.78 is 37.7. The SMILES string of the molecule is CC1c2ccccc2CCN1CC(=O)Nc1ccc(C(F)(F)F)cc1. The van der Waals surface area contributed by atoms with Gasteiger partial charge in [0.05, 0.1) is 12.1 Å². The van der Waals surface area contributed by atoms with Crippen LogP contribution in [0.15, 0.2) is 48.5 Å². The maximum Gasteiger partial charge on any atom is 0.416 e. The summed E-state index contributed by atoms with van der Waals surface area (Å²) in [5.41, 5.74) is 2.15. The third kappa shape index (κ3) is 4.02. The Morgan fingerprint density at radius 2 is 1.84 bits per heavy atom. The van der Waals surface area contributed by atoms with Crippen molar-refractivity contribution < 1.29 is 18.0 Å². The second kappa shape index (κ2) is 6.88. The Morgan fingerprint density at radius 1 is 1.16 bits per heavy atom. The first-order valence-electron chi connectivity index (χ1n) is 8.13. The zero-order chi connectivity index (χ0) is 18.0. The maximum absolute atomic E-state index is 12.6. The molecule has 1 amide bonds. The monoisotopic (exact) mass is 348 g/mol. The minimum Gasteiger partial charge on any atom is -0.325 e. The third-order valence-electron chi connectivity index (χ3n) is 4.56. The molecule has 0 aliphatic carbocycles. The molecular formula is C19H19F3N2O. The minimum atomic E-state index is -4.38. The molecule has 1 unspecified atom stereocenters. The molecule has 2 aromatic rings. The molecule has 0 aromatic heterocycles. The molecule has 0 spiro atoms. The lowest BCUT2D eigenvalue weighted by molar-refractivity contribution is -0.137. The summed E-state index contributed by atoms with van der Waals surface area (Å²) in [7, 11) is 0. The molecule has 1 aliphatic rings. The van der Waals surface area contributed by atoms with Crippen molar-refractivity contribution in [1.29, 1.82) is 0 Å². The van der Waals surface area contributed by atoms with Crippen LogP contribution in [0.25, 0.3) is 0 Å². The van der Waals surface area contributed by atoms with Crippen molar-refractivity contribution in [3.05, 3.63) is 65.2 Å². The lowest BCUT2D eigenvalue weighted by Crippen LogP contribution is -2.39. The molecule has 0 radical (unpaired) electrons. The van der Waals surface area contributed by atoms with Crippen LogP contribution >= 0.6 is 0 Å². The quantitative estimate of drug-likeness (QED) is 0.899.